The molecule has 1 saturated carbocycles. The average molecular weight is 379 g/mol. The van der Waals surface area contributed by atoms with E-state index in [1.165, 1.54) is 0 Å². The second kappa shape index (κ2) is 6.16. The first kappa shape index (κ1) is 15.7. The Morgan fingerprint density at radius 3 is 2.22 bits per heavy atom. The quantitative estimate of drug-likeness (QED) is 0.551. The number of hydrazine groups is 1. The first-order valence-electron chi connectivity index (χ1n) is 7.24. The van der Waals surface area contributed by atoms with Gasteiger partial charge in [0.1, 0.15) is 0 Å². The first-order chi connectivity index (χ1) is 11.0. The highest BCUT2D eigenvalue weighted by molar-refractivity contribution is 9.10. The number of carboxylic acid groups (broad SMARTS) is 1. The van der Waals surface area contributed by atoms with E-state index >= 15 is 0 Å². The Labute approximate surface area is 141 Å². The lowest BCUT2D eigenvalue weighted by Gasteiger charge is -2.23. The molecular formula is C16H15BrN2O4. The van der Waals surface area contributed by atoms with E-state index in [4.69, 9.17) is 0 Å². The molecule has 2 aliphatic carbocycles. The van der Waals surface area contributed by atoms with Crippen molar-refractivity contribution < 1.29 is 19.5 Å². The van der Waals surface area contributed by atoms with Gasteiger partial charge in [0.25, 0.3) is 5.91 Å². The SMILES string of the molecule is O=C(NNC(=O)[C@H]1[C@@H](C(=O)O)[C@H]2C=C[C@H]1C2)c1ccc(Br)cc1. The third kappa shape index (κ3) is 3.01. The minimum absolute atomic E-state index is 0.0781. The van der Waals surface area contributed by atoms with Gasteiger partial charge in [-0.15, -0.1) is 0 Å². The molecule has 0 radical (unpaired) electrons. The van der Waals surface area contributed by atoms with Crippen LogP contribution in [0.25, 0.3) is 0 Å². The Bertz CT molecular complexity index is 686. The van der Waals surface area contributed by atoms with Crippen molar-refractivity contribution in [2.75, 3.05) is 0 Å². The summed E-state index contributed by atoms with van der Waals surface area (Å²) in [5.74, 6) is -3.43. The molecule has 120 valence electrons. The molecular weight excluding hydrogens is 364 g/mol. The number of carboxylic acids is 1. The lowest BCUT2D eigenvalue weighted by molar-refractivity contribution is -0.148. The second-order valence-corrected chi connectivity index (χ2v) is 6.70. The number of rotatable bonds is 3. The van der Waals surface area contributed by atoms with E-state index in [0.717, 1.165) is 4.47 Å². The van der Waals surface area contributed by atoms with Crippen LogP contribution in [-0.2, 0) is 9.59 Å². The van der Waals surface area contributed by atoms with Crippen molar-refractivity contribution in [3.63, 3.8) is 0 Å². The molecule has 0 heterocycles. The van der Waals surface area contributed by atoms with Gasteiger partial charge in [-0.05, 0) is 42.5 Å². The van der Waals surface area contributed by atoms with Gasteiger partial charge in [-0.1, -0.05) is 28.1 Å². The number of aliphatic carboxylic acids is 1. The second-order valence-electron chi connectivity index (χ2n) is 5.79. The summed E-state index contributed by atoms with van der Waals surface area (Å²) in [6.45, 7) is 0. The highest BCUT2D eigenvalue weighted by Gasteiger charge is 2.51. The lowest BCUT2D eigenvalue weighted by atomic mass is 9.82. The van der Waals surface area contributed by atoms with Gasteiger partial charge >= 0.3 is 5.97 Å². The van der Waals surface area contributed by atoms with Crippen molar-refractivity contribution in [2.45, 2.75) is 6.42 Å². The predicted octanol–water partition coefficient (Wildman–Crippen LogP) is 1.73. The van der Waals surface area contributed by atoms with Crippen LogP contribution in [0.5, 0.6) is 0 Å². The number of hydrogen-bond donors (Lipinski definition) is 3. The number of hydrogen-bond acceptors (Lipinski definition) is 3. The van der Waals surface area contributed by atoms with Crippen molar-refractivity contribution in [1.29, 1.82) is 0 Å². The van der Waals surface area contributed by atoms with Crippen molar-refractivity contribution in [3.8, 4) is 0 Å². The molecule has 0 unspecified atom stereocenters. The molecule has 0 aromatic heterocycles. The monoisotopic (exact) mass is 378 g/mol. The van der Waals surface area contributed by atoms with Crippen LogP contribution in [0, 0.1) is 23.7 Å². The van der Waals surface area contributed by atoms with Crippen molar-refractivity contribution in [3.05, 3.63) is 46.5 Å². The van der Waals surface area contributed by atoms with Gasteiger partial charge in [0.15, 0.2) is 0 Å². The Kier molecular flexibility index (Phi) is 4.21. The third-order valence-corrected chi connectivity index (χ3v) is 4.98. The molecule has 4 atom stereocenters. The summed E-state index contributed by atoms with van der Waals surface area (Å²) in [5.41, 5.74) is 5.10. The summed E-state index contributed by atoms with van der Waals surface area (Å²) >= 11 is 3.28. The third-order valence-electron chi connectivity index (χ3n) is 4.45. The maximum absolute atomic E-state index is 12.3. The van der Waals surface area contributed by atoms with Crippen LogP contribution in [0.15, 0.2) is 40.9 Å². The number of carbonyl (C=O) groups excluding carboxylic acids is 2. The van der Waals surface area contributed by atoms with Crippen LogP contribution in [0.1, 0.15) is 16.8 Å². The van der Waals surface area contributed by atoms with Crippen LogP contribution < -0.4 is 10.9 Å². The summed E-state index contributed by atoms with van der Waals surface area (Å²) < 4.78 is 0.844. The fourth-order valence-electron chi connectivity index (χ4n) is 3.39. The molecule has 3 rings (SSSR count). The summed E-state index contributed by atoms with van der Waals surface area (Å²) in [6, 6.07) is 6.67. The van der Waals surface area contributed by atoms with E-state index in [-0.39, 0.29) is 11.8 Å². The molecule has 6 nitrogen and oxygen atoms in total. The highest BCUT2D eigenvalue weighted by atomic mass is 79.9. The van der Waals surface area contributed by atoms with Gasteiger partial charge in [-0.2, -0.15) is 0 Å². The molecule has 23 heavy (non-hydrogen) atoms. The molecule has 1 fully saturated rings. The molecule has 1 aromatic carbocycles. The molecule has 3 N–H and O–H groups in total. The molecule has 2 aliphatic rings. The number of benzene rings is 1. The van der Waals surface area contributed by atoms with Gasteiger partial charge in [-0.25, -0.2) is 0 Å². The number of amides is 2. The van der Waals surface area contributed by atoms with Gasteiger partial charge in [0.2, 0.25) is 5.91 Å². The van der Waals surface area contributed by atoms with Crippen molar-refractivity contribution in [2.24, 2.45) is 23.7 Å². The molecule has 2 bridgehead atoms. The van der Waals surface area contributed by atoms with Gasteiger partial charge in [-0.3, -0.25) is 25.2 Å². The fraction of sp³-hybridized carbons (Fsp3) is 0.312. The van der Waals surface area contributed by atoms with E-state index in [1.807, 2.05) is 12.2 Å². The largest absolute Gasteiger partial charge is 0.481 e. The van der Waals surface area contributed by atoms with Crippen molar-refractivity contribution >= 4 is 33.7 Å². The van der Waals surface area contributed by atoms with E-state index in [0.29, 0.717) is 12.0 Å². The Morgan fingerprint density at radius 2 is 1.61 bits per heavy atom. The number of nitrogens with one attached hydrogen (secondary N) is 2. The maximum Gasteiger partial charge on any atom is 0.307 e. The van der Waals surface area contributed by atoms with E-state index in [2.05, 4.69) is 26.8 Å². The zero-order valence-electron chi connectivity index (χ0n) is 12.0. The summed E-state index contributed by atoms with van der Waals surface area (Å²) in [4.78, 5) is 35.7. The van der Waals surface area contributed by atoms with Crippen LogP contribution in [-0.4, -0.2) is 22.9 Å². The van der Waals surface area contributed by atoms with E-state index in [1.54, 1.807) is 24.3 Å². The molecule has 0 saturated heterocycles. The molecule has 7 heteroatoms. The number of allylic oxidation sites excluding steroid dienone is 2. The number of fused-ring (bicyclic) bond motifs is 2. The molecule has 0 spiro atoms. The van der Waals surface area contributed by atoms with Crippen LogP contribution >= 0.6 is 15.9 Å². The number of halogens is 1. The maximum atomic E-state index is 12.3. The van der Waals surface area contributed by atoms with Crippen molar-refractivity contribution in [1.82, 2.24) is 10.9 Å². The zero-order valence-corrected chi connectivity index (χ0v) is 13.6. The summed E-state index contributed by atoms with van der Waals surface area (Å²) in [7, 11) is 0. The normalized spacial score (nSPS) is 27.7. The van der Waals surface area contributed by atoms with Gasteiger partial charge in [0, 0.05) is 10.0 Å². The standard InChI is InChI=1S/C16H15BrN2O4/c17-11-5-3-8(4-6-11)14(20)18-19-15(21)12-9-1-2-10(7-9)13(12)16(22)23/h1-6,9-10,12-13H,7H2,(H,18,20)(H,19,21)(H,22,23)/t9-,10-,12+,13-/m0/s1. The smallest absolute Gasteiger partial charge is 0.307 e. The van der Waals surface area contributed by atoms with E-state index in [9.17, 15) is 19.5 Å². The predicted molar refractivity (Wildman–Crippen MR) is 85.1 cm³/mol. The van der Waals surface area contributed by atoms with Crippen LogP contribution in [0.2, 0.25) is 0 Å². The van der Waals surface area contributed by atoms with Crippen LogP contribution in [0.3, 0.4) is 0 Å². The fourth-order valence-corrected chi connectivity index (χ4v) is 3.66. The first-order valence-corrected chi connectivity index (χ1v) is 8.03. The average Bonchev–Trinajstić information content (AvgIpc) is 3.13. The lowest BCUT2D eigenvalue weighted by Crippen LogP contribution is -2.48. The Balaban J connectivity index is 1.63. The molecule has 1 aromatic rings. The minimum atomic E-state index is -0.971. The molecule has 2 amide bonds. The van der Waals surface area contributed by atoms with Gasteiger partial charge in [0.05, 0.1) is 11.8 Å². The molecule has 0 aliphatic heterocycles. The highest BCUT2D eigenvalue weighted by Crippen LogP contribution is 2.48. The topological polar surface area (TPSA) is 95.5 Å². The zero-order chi connectivity index (χ0) is 16.6. The van der Waals surface area contributed by atoms with E-state index < -0.39 is 29.6 Å². The Morgan fingerprint density at radius 1 is 1.00 bits per heavy atom. The van der Waals surface area contributed by atoms with Gasteiger partial charge < -0.3 is 5.11 Å². The summed E-state index contributed by atoms with van der Waals surface area (Å²) in [5, 5.41) is 9.33. The minimum Gasteiger partial charge on any atom is -0.481 e. The van der Waals surface area contributed by atoms with Crippen LogP contribution in [0.4, 0.5) is 0 Å². The summed E-state index contributed by atoms with van der Waals surface area (Å²) in [6.07, 6.45) is 4.44. The Hall–Kier alpha value is -2.15. The number of carbonyl (C=O) groups is 3.